The molecule has 1 N–H and O–H groups in total. The van der Waals surface area contributed by atoms with Crippen molar-refractivity contribution in [1.29, 1.82) is 0 Å². The van der Waals surface area contributed by atoms with E-state index < -0.39 is 10.1 Å². The molecule has 1 aliphatic rings. The minimum Gasteiger partial charge on any atom is -0.497 e. The molecule has 3 heterocycles. The summed E-state index contributed by atoms with van der Waals surface area (Å²) < 4.78 is 42.4. The topological polar surface area (TPSA) is 86.4 Å². The van der Waals surface area contributed by atoms with Gasteiger partial charge in [-0.25, -0.2) is 4.98 Å². The van der Waals surface area contributed by atoms with Crippen molar-refractivity contribution in [1.82, 2.24) is 14.1 Å². The van der Waals surface area contributed by atoms with E-state index in [0.717, 1.165) is 52.3 Å². The normalized spacial score (nSPS) is 16.4. The number of ether oxygens (including phenoxy) is 1. The number of hydrogen-bond donors (Lipinski definition) is 1. The minimum absolute atomic E-state index is 0.327. The first kappa shape index (κ1) is 18.1. The van der Waals surface area contributed by atoms with Crippen molar-refractivity contribution in [2.75, 3.05) is 12.9 Å². The SMILES string of the molecule is CCCc1ncc2n1C(CS(=O)(=O)O)Cc1c-2n(C)c2ccc(OC)cc12. The number of methoxy groups -OCH3 is 1. The molecule has 0 amide bonds. The van der Waals surface area contributed by atoms with Crippen LogP contribution < -0.4 is 4.74 Å². The number of aryl methyl sites for hydroxylation is 2. The van der Waals surface area contributed by atoms with Crippen molar-refractivity contribution in [2.24, 2.45) is 7.05 Å². The Bertz CT molecular complexity index is 1130. The molecule has 1 atom stereocenters. The molecule has 2 aromatic heterocycles. The summed E-state index contributed by atoms with van der Waals surface area (Å²) in [6.45, 7) is 2.07. The van der Waals surface area contributed by atoms with Crippen molar-refractivity contribution in [3.8, 4) is 17.1 Å². The van der Waals surface area contributed by atoms with Gasteiger partial charge in [-0.2, -0.15) is 8.42 Å². The molecule has 1 aliphatic heterocycles. The van der Waals surface area contributed by atoms with Crippen LogP contribution in [0, 0.1) is 0 Å². The second-order valence-corrected chi connectivity index (χ2v) is 8.55. The first-order valence-electron chi connectivity index (χ1n) is 9.01. The average Bonchev–Trinajstić information content (AvgIpc) is 3.14. The Morgan fingerprint density at radius 1 is 1.37 bits per heavy atom. The third-order valence-corrected chi connectivity index (χ3v) is 6.12. The quantitative estimate of drug-likeness (QED) is 0.678. The molecular weight excluding hydrogens is 366 g/mol. The lowest BCUT2D eigenvalue weighted by Gasteiger charge is -2.27. The standard InChI is InChI=1S/C19H23N3O4S/c1-4-5-18-20-10-17-19-15(8-12(22(17)18)11-27(23,24)25)14-9-13(26-3)6-7-16(14)21(19)2/h6-7,9-10,12H,4-5,8,11H2,1-3H3,(H,23,24,25). The van der Waals surface area contributed by atoms with E-state index >= 15 is 0 Å². The van der Waals surface area contributed by atoms with Gasteiger partial charge in [0.25, 0.3) is 10.1 Å². The second-order valence-electron chi connectivity index (χ2n) is 7.06. The van der Waals surface area contributed by atoms with E-state index in [4.69, 9.17) is 4.74 Å². The van der Waals surface area contributed by atoms with Crippen LogP contribution in [0.25, 0.3) is 22.3 Å². The minimum atomic E-state index is -4.12. The van der Waals surface area contributed by atoms with Crippen LogP contribution in [0.15, 0.2) is 24.4 Å². The zero-order valence-corrected chi connectivity index (χ0v) is 16.5. The molecule has 144 valence electrons. The van der Waals surface area contributed by atoms with Crippen molar-refractivity contribution in [2.45, 2.75) is 32.2 Å². The van der Waals surface area contributed by atoms with Gasteiger partial charge in [0.15, 0.2) is 0 Å². The molecule has 0 bridgehead atoms. The predicted octanol–water partition coefficient (Wildman–Crippen LogP) is 2.99. The van der Waals surface area contributed by atoms with Gasteiger partial charge in [0.2, 0.25) is 0 Å². The molecule has 0 saturated heterocycles. The van der Waals surface area contributed by atoms with E-state index in [1.54, 1.807) is 7.11 Å². The lowest BCUT2D eigenvalue weighted by Crippen LogP contribution is -2.27. The van der Waals surface area contributed by atoms with Crippen molar-refractivity contribution < 1.29 is 17.7 Å². The van der Waals surface area contributed by atoms with Crippen LogP contribution in [0.3, 0.4) is 0 Å². The van der Waals surface area contributed by atoms with Gasteiger partial charge < -0.3 is 13.9 Å². The maximum absolute atomic E-state index is 11.7. The highest BCUT2D eigenvalue weighted by molar-refractivity contribution is 7.85. The molecule has 0 aliphatic carbocycles. The van der Waals surface area contributed by atoms with Gasteiger partial charge in [-0.1, -0.05) is 6.92 Å². The molecule has 1 unspecified atom stereocenters. The molecule has 0 radical (unpaired) electrons. The van der Waals surface area contributed by atoms with E-state index in [0.29, 0.717) is 6.42 Å². The van der Waals surface area contributed by atoms with Crippen LogP contribution in [-0.4, -0.2) is 40.0 Å². The van der Waals surface area contributed by atoms with Crippen LogP contribution in [0.5, 0.6) is 5.75 Å². The van der Waals surface area contributed by atoms with E-state index in [-0.39, 0.29) is 11.8 Å². The Balaban J connectivity index is 1.98. The summed E-state index contributed by atoms with van der Waals surface area (Å²) in [6.07, 6.45) is 4.00. The Labute approximate surface area is 158 Å². The lowest BCUT2D eigenvalue weighted by molar-refractivity contribution is 0.415. The lowest BCUT2D eigenvalue weighted by atomic mass is 9.97. The van der Waals surface area contributed by atoms with Crippen molar-refractivity contribution in [3.63, 3.8) is 0 Å². The summed E-state index contributed by atoms with van der Waals surface area (Å²) in [5.74, 6) is 1.29. The Hall–Kier alpha value is -2.32. The largest absolute Gasteiger partial charge is 0.497 e. The van der Waals surface area contributed by atoms with Crippen LogP contribution >= 0.6 is 0 Å². The van der Waals surface area contributed by atoms with E-state index in [2.05, 4.69) is 16.5 Å². The molecule has 27 heavy (non-hydrogen) atoms. The zero-order chi connectivity index (χ0) is 19.3. The number of nitrogens with zero attached hydrogens (tertiary/aromatic N) is 3. The maximum Gasteiger partial charge on any atom is 0.266 e. The first-order chi connectivity index (χ1) is 12.8. The maximum atomic E-state index is 11.7. The number of aromatic nitrogens is 3. The van der Waals surface area contributed by atoms with E-state index in [1.165, 1.54) is 0 Å². The number of imidazole rings is 1. The summed E-state index contributed by atoms with van der Waals surface area (Å²) in [4.78, 5) is 4.56. The molecule has 7 nitrogen and oxygen atoms in total. The Morgan fingerprint density at radius 2 is 2.15 bits per heavy atom. The molecule has 3 aromatic rings. The van der Waals surface area contributed by atoms with Gasteiger partial charge >= 0.3 is 0 Å². The summed E-state index contributed by atoms with van der Waals surface area (Å²) in [5, 5.41) is 1.04. The fourth-order valence-electron chi connectivity index (χ4n) is 4.25. The number of benzene rings is 1. The van der Waals surface area contributed by atoms with Gasteiger partial charge in [0.05, 0.1) is 36.5 Å². The Morgan fingerprint density at radius 3 is 2.81 bits per heavy atom. The van der Waals surface area contributed by atoms with Crippen LogP contribution in [0.2, 0.25) is 0 Å². The highest BCUT2D eigenvalue weighted by atomic mass is 32.2. The molecule has 1 aromatic carbocycles. The van der Waals surface area contributed by atoms with Gasteiger partial charge in [0.1, 0.15) is 11.6 Å². The summed E-state index contributed by atoms with van der Waals surface area (Å²) in [6, 6.07) is 5.53. The van der Waals surface area contributed by atoms with Gasteiger partial charge in [-0.3, -0.25) is 4.55 Å². The van der Waals surface area contributed by atoms with Crippen molar-refractivity contribution in [3.05, 3.63) is 35.8 Å². The van der Waals surface area contributed by atoms with Crippen LogP contribution in [0.4, 0.5) is 0 Å². The molecule has 0 saturated carbocycles. The van der Waals surface area contributed by atoms with Gasteiger partial charge in [0, 0.05) is 24.4 Å². The Kier molecular flexibility index (Phi) is 4.27. The second kappa shape index (κ2) is 6.38. The van der Waals surface area contributed by atoms with Crippen LogP contribution in [0.1, 0.15) is 30.8 Å². The van der Waals surface area contributed by atoms with Gasteiger partial charge in [-0.15, -0.1) is 0 Å². The predicted molar refractivity (Wildman–Crippen MR) is 104 cm³/mol. The van der Waals surface area contributed by atoms with Crippen LogP contribution in [-0.2, 0) is 30.0 Å². The number of fused-ring (bicyclic) bond motifs is 5. The number of hydrogen-bond acceptors (Lipinski definition) is 4. The zero-order valence-electron chi connectivity index (χ0n) is 15.6. The fourth-order valence-corrected chi connectivity index (χ4v) is 5.01. The van der Waals surface area contributed by atoms with E-state index in [9.17, 15) is 13.0 Å². The monoisotopic (exact) mass is 389 g/mol. The first-order valence-corrected chi connectivity index (χ1v) is 10.6. The molecule has 4 rings (SSSR count). The molecule has 0 fully saturated rings. The average molecular weight is 389 g/mol. The smallest absolute Gasteiger partial charge is 0.266 e. The highest BCUT2D eigenvalue weighted by Crippen LogP contribution is 2.42. The molecule has 8 heteroatoms. The number of rotatable bonds is 5. The van der Waals surface area contributed by atoms with Crippen molar-refractivity contribution >= 4 is 21.0 Å². The summed E-state index contributed by atoms with van der Waals surface area (Å²) in [5.41, 5.74) is 4.05. The third kappa shape index (κ3) is 2.93. The molecule has 0 spiro atoms. The highest BCUT2D eigenvalue weighted by Gasteiger charge is 2.33. The molecular formula is C19H23N3O4S. The summed E-state index contributed by atoms with van der Waals surface area (Å²) >= 11 is 0. The van der Waals surface area contributed by atoms with E-state index in [1.807, 2.05) is 36.0 Å². The fraction of sp³-hybridized carbons (Fsp3) is 0.421. The third-order valence-electron chi connectivity index (χ3n) is 5.31. The summed E-state index contributed by atoms with van der Waals surface area (Å²) in [7, 11) is -0.482. The van der Waals surface area contributed by atoms with Gasteiger partial charge in [-0.05, 0) is 36.6 Å².